The molecular weight excluding hydrogens is 472 g/mol. The highest BCUT2D eigenvalue weighted by atomic mass is 16.6. The Morgan fingerprint density at radius 2 is 1.78 bits per heavy atom. The van der Waals surface area contributed by atoms with Crippen molar-refractivity contribution in [1.82, 2.24) is 14.8 Å². The third kappa shape index (κ3) is 3.84. The molecule has 4 aromatic rings. The average molecular weight is 497 g/mol. The molecule has 2 aliphatic heterocycles. The van der Waals surface area contributed by atoms with E-state index in [0.717, 1.165) is 22.2 Å². The second kappa shape index (κ2) is 8.86. The number of rotatable bonds is 5. The minimum Gasteiger partial charge on any atom is -0.387 e. The normalized spacial score (nSPS) is 20.0. The Kier molecular flexibility index (Phi) is 5.49. The number of β-amino-alcohol motifs (C(OH)–C–C–N with tert-alkyl or cyclic N) is 1. The van der Waals surface area contributed by atoms with Gasteiger partial charge in [-0.05, 0) is 22.8 Å². The van der Waals surface area contributed by atoms with Crippen molar-refractivity contribution in [3.05, 3.63) is 111 Å². The molecule has 1 fully saturated rings. The molecule has 0 aliphatic carbocycles. The predicted octanol–water partition coefficient (Wildman–Crippen LogP) is 3.49. The van der Waals surface area contributed by atoms with E-state index in [4.69, 9.17) is 0 Å². The van der Waals surface area contributed by atoms with Crippen molar-refractivity contribution in [2.75, 3.05) is 13.1 Å². The van der Waals surface area contributed by atoms with Crippen LogP contribution in [0.2, 0.25) is 0 Å². The van der Waals surface area contributed by atoms with Crippen molar-refractivity contribution in [3.8, 4) is 0 Å². The third-order valence-electron chi connectivity index (χ3n) is 7.32. The molecule has 0 bridgehead atoms. The molecule has 186 valence electrons. The minimum absolute atomic E-state index is 0.00113. The van der Waals surface area contributed by atoms with Crippen LogP contribution in [-0.4, -0.2) is 55.8 Å². The molecule has 2 aliphatic rings. The Balaban J connectivity index is 1.43. The van der Waals surface area contributed by atoms with Crippen LogP contribution in [0.4, 0.5) is 5.69 Å². The zero-order valence-electron chi connectivity index (χ0n) is 19.8. The molecule has 2 amide bonds. The highest BCUT2D eigenvalue weighted by molar-refractivity contribution is 5.97. The summed E-state index contributed by atoms with van der Waals surface area (Å²) in [5.41, 5.74) is 3.70. The van der Waals surface area contributed by atoms with Crippen molar-refractivity contribution in [2.24, 2.45) is 0 Å². The fourth-order valence-electron chi connectivity index (χ4n) is 5.62. The molecule has 1 aromatic heterocycles. The maximum Gasteiger partial charge on any atom is 0.269 e. The Hall–Kier alpha value is -4.50. The predicted molar refractivity (Wildman–Crippen MR) is 136 cm³/mol. The van der Waals surface area contributed by atoms with Crippen LogP contribution >= 0.6 is 0 Å². The van der Waals surface area contributed by atoms with Gasteiger partial charge in [0.15, 0.2) is 0 Å². The number of aliphatic hydroxyl groups is 1. The largest absolute Gasteiger partial charge is 0.387 e. The Labute approximate surface area is 212 Å². The number of carbonyl (C=O) groups is 2. The van der Waals surface area contributed by atoms with Crippen LogP contribution in [0.25, 0.3) is 10.9 Å². The Morgan fingerprint density at radius 1 is 1.03 bits per heavy atom. The monoisotopic (exact) mass is 496 g/mol. The second-order valence-corrected chi connectivity index (χ2v) is 9.48. The molecule has 0 radical (unpaired) electrons. The number of nitro benzene ring substituents is 1. The molecule has 0 saturated carbocycles. The van der Waals surface area contributed by atoms with Gasteiger partial charge in [-0.15, -0.1) is 0 Å². The zero-order valence-corrected chi connectivity index (χ0v) is 19.8. The summed E-state index contributed by atoms with van der Waals surface area (Å²) in [6.45, 7) is -0.179. The molecule has 3 heterocycles. The first kappa shape index (κ1) is 22.9. The van der Waals surface area contributed by atoms with Crippen LogP contribution in [0.5, 0.6) is 0 Å². The summed E-state index contributed by atoms with van der Waals surface area (Å²) >= 11 is 0. The van der Waals surface area contributed by atoms with Crippen LogP contribution < -0.4 is 0 Å². The van der Waals surface area contributed by atoms with E-state index in [-0.39, 0.29) is 30.6 Å². The van der Waals surface area contributed by atoms with Gasteiger partial charge >= 0.3 is 0 Å². The van der Waals surface area contributed by atoms with E-state index in [1.165, 1.54) is 17.0 Å². The highest BCUT2D eigenvalue weighted by Crippen LogP contribution is 2.43. The van der Waals surface area contributed by atoms with E-state index in [0.29, 0.717) is 17.5 Å². The van der Waals surface area contributed by atoms with Crippen LogP contribution in [0, 0.1) is 10.1 Å². The number of nitro groups is 1. The third-order valence-corrected chi connectivity index (χ3v) is 7.32. The van der Waals surface area contributed by atoms with Gasteiger partial charge in [-0.2, -0.15) is 0 Å². The lowest BCUT2D eigenvalue weighted by molar-refractivity contribution is -0.384. The Morgan fingerprint density at radius 3 is 2.57 bits per heavy atom. The number of hydrogen-bond donors (Lipinski definition) is 2. The van der Waals surface area contributed by atoms with Gasteiger partial charge in [0.1, 0.15) is 6.04 Å². The molecule has 9 heteroatoms. The number of amides is 2. The number of aliphatic hydroxyl groups excluding tert-OH is 1. The molecule has 6 rings (SSSR count). The summed E-state index contributed by atoms with van der Waals surface area (Å²) in [6, 6.07) is 21.5. The number of hydrogen-bond acceptors (Lipinski definition) is 5. The quantitative estimate of drug-likeness (QED) is 0.324. The number of fused-ring (bicyclic) bond motifs is 4. The summed E-state index contributed by atoms with van der Waals surface area (Å²) in [6.07, 6.45) is -0.614. The van der Waals surface area contributed by atoms with Gasteiger partial charge in [0.05, 0.1) is 30.2 Å². The molecule has 1 saturated heterocycles. The van der Waals surface area contributed by atoms with Gasteiger partial charge < -0.3 is 19.9 Å². The first-order valence-electron chi connectivity index (χ1n) is 12.1. The fourth-order valence-corrected chi connectivity index (χ4v) is 5.62. The van der Waals surface area contributed by atoms with Crippen molar-refractivity contribution in [2.45, 2.75) is 24.6 Å². The number of aromatic nitrogens is 1. The minimum atomic E-state index is -0.927. The van der Waals surface area contributed by atoms with Crippen molar-refractivity contribution >= 4 is 28.4 Å². The number of carbonyl (C=O) groups excluding carboxylic acids is 2. The van der Waals surface area contributed by atoms with Crippen molar-refractivity contribution < 1.29 is 19.6 Å². The molecule has 2 N–H and O–H groups in total. The molecule has 0 spiro atoms. The number of aromatic amines is 1. The summed E-state index contributed by atoms with van der Waals surface area (Å²) in [5.74, 6) is -0.522. The number of nitrogens with zero attached hydrogens (tertiary/aromatic N) is 3. The summed E-state index contributed by atoms with van der Waals surface area (Å²) in [5, 5.41) is 23.2. The second-order valence-electron chi connectivity index (χ2n) is 9.48. The molecule has 9 nitrogen and oxygen atoms in total. The SMILES string of the molecule is O=C1[C@@H]2Cc3c([nH]c4ccccc34)[C@H](c3cccc([N+](=O)[O-])c3)N2C(=O)CN1C[C@H](O)c1ccccc1. The van der Waals surface area contributed by atoms with Crippen molar-refractivity contribution in [1.29, 1.82) is 0 Å². The summed E-state index contributed by atoms with van der Waals surface area (Å²) < 4.78 is 0. The topological polar surface area (TPSA) is 120 Å². The van der Waals surface area contributed by atoms with E-state index < -0.39 is 23.1 Å². The molecule has 3 aromatic carbocycles. The van der Waals surface area contributed by atoms with Crippen LogP contribution in [-0.2, 0) is 16.0 Å². The van der Waals surface area contributed by atoms with Gasteiger partial charge in [-0.25, -0.2) is 0 Å². The number of H-pyrrole nitrogens is 1. The highest BCUT2D eigenvalue weighted by Gasteiger charge is 2.48. The zero-order chi connectivity index (χ0) is 25.7. The standard InChI is InChI=1S/C28H24N4O5/c33-24(17-7-2-1-3-8-17)15-30-16-25(34)31-23(28(30)35)14-21-20-11-4-5-12-22(20)29-26(21)27(31)18-9-6-10-19(13-18)32(36)37/h1-13,23-24,27,29,33H,14-16H2/t23-,24-,27-/m0/s1. The summed E-state index contributed by atoms with van der Waals surface area (Å²) in [4.78, 5) is 44.9. The fraction of sp³-hybridized carbons (Fsp3) is 0.214. The number of piperazine rings is 1. The maximum atomic E-state index is 13.8. The molecular formula is C28H24N4O5. The number of non-ortho nitro benzene ring substituents is 1. The van der Waals surface area contributed by atoms with Gasteiger partial charge in [0.2, 0.25) is 11.8 Å². The lowest BCUT2D eigenvalue weighted by atomic mass is 9.86. The first-order chi connectivity index (χ1) is 17.9. The molecule has 0 unspecified atom stereocenters. The van der Waals surface area contributed by atoms with E-state index in [1.54, 1.807) is 29.2 Å². The lowest BCUT2D eigenvalue weighted by Gasteiger charge is -2.47. The maximum absolute atomic E-state index is 13.8. The average Bonchev–Trinajstić information content (AvgIpc) is 3.29. The smallest absolute Gasteiger partial charge is 0.269 e. The van der Waals surface area contributed by atoms with E-state index in [2.05, 4.69) is 4.98 Å². The van der Waals surface area contributed by atoms with Crippen LogP contribution in [0.1, 0.15) is 34.5 Å². The van der Waals surface area contributed by atoms with Crippen LogP contribution in [0.15, 0.2) is 78.9 Å². The lowest BCUT2D eigenvalue weighted by Crippen LogP contribution is -2.63. The first-order valence-corrected chi connectivity index (χ1v) is 12.1. The number of benzene rings is 3. The molecule has 3 atom stereocenters. The van der Waals surface area contributed by atoms with Crippen LogP contribution in [0.3, 0.4) is 0 Å². The van der Waals surface area contributed by atoms with Gasteiger partial charge in [-0.1, -0.05) is 60.7 Å². The Bertz CT molecular complexity index is 1530. The van der Waals surface area contributed by atoms with Gasteiger partial charge in [0.25, 0.3) is 5.69 Å². The molecule has 37 heavy (non-hydrogen) atoms. The van der Waals surface area contributed by atoms with Crippen molar-refractivity contribution in [3.63, 3.8) is 0 Å². The van der Waals surface area contributed by atoms with E-state index >= 15 is 0 Å². The summed E-state index contributed by atoms with van der Waals surface area (Å²) in [7, 11) is 0. The van der Waals surface area contributed by atoms with Gasteiger partial charge in [-0.3, -0.25) is 19.7 Å². The number of nitrogens with one attached hydrogen (secondary N) is 1. The van der Waals surface area contributed by atoms with E-state index in [1.807, 2.05) is 42.5 Å². The van der Waals surface area contributed by atoms with Gasteiger partial charge in [0, 0.05) is 35.2 Å². The van der Waals surface area contributed by atoms with E-state index in [9.17, 15) is 24.8 Å². The number of para-hydroxylation sites is 1.